The van der Waals surface area contributed by atoms with Gasteiger partial charge >= 0.3 is 0 Å². The molecule has 1 aromatic rings. The van der Waals surface area contributed by atoms with Crippen LogP contribution in [0, 0.1) is 11.8 Å². The highest BCUT2D eigenvalue weighted by Gasteiger charge is 2.39. The van der Waals surface area contributed by atoms with Crippen LogP contribution in [-0.4, -0.2) is 21.5 Å². The number of aryl methyl sites for hydroxylation is 1. The van der Waals surface area contributed by atoms with E-state index in [0.717, 1.165) is 12.2 Å². The Hall–Kier alpha value is -1.36. The lowest BCUT2D eigenvalue weighted by atomic mass is 9.78. The fourth-order valence-corrected chi connectivity index (χ4v) is 2.87. The van der Waals surface area contributed by atoms with E-state index in [1.807, 2.05) is 17.8 Å². The Morgan fingerprint density at radius 1 is 1.59 bits per heavy atom. The highest BCUT2D eigenvalue weighted by molar-refractivity contribution is 5.78. The molecule has 5 heteroatoms. The molecular weight excluding hydrogens is 216 g/mol. The molecule has 1 amide bonds. The van der Waals surface area contributed by atoms with Crippen molar-refractivity contribution in [1.82, 2.24) is 14.9 Å². The quantitative estimate of drug-likeness (QED) is 0.789. The molecule has 1 aliphatic rings. The number of primary amides is 1. The van der Waals surface area contributed by atoms with Crippen LogP contribution in [-0.2, 0) is 11.8 Å². The molecule has 4 atom stereocenters. The highest BCUT2D eigenvalue weighted by atomic mass is 16.1. The number of nitrogens with zero attached hydrogens (tertiary/aromatic N) is 2. The fraction of sp³-hybridized carbons (Fsp3) is 0.667. The van der Waals surface area contributed by atoms with Crippen molar-refractivity contribution in [1.29, 1.82) is 0 Å². The zero-order valence-electron chi connectivity index (χ0n) is 10.6. The maximum atomic E-state index is 11.6. The van der Waals surface area contributed by atoms with E-state index in [0.29, 0.717) is 6.04 Å². The molecule has 4 unspecified atom stereocenters. The van der Waals surface area contributed by atoms with Crippen LogP contribution in [0.3, 0.4) is 0 Å². The number of hydrogen-bond donors (Lipinski definition) is 2. The minimum atomic E-state index is -0.245. The number of nitrogens with one attached hydrogen (secondary N) is 1. The van der Waals surface area contributed by atoms with Crippen molar-refractivity contribution in [2.75, 3.05) is 0 Å². The first kappa shape index (κ1) is 12.1. The average molecular weight is 236 g/mol. The second kappa shape index (κ2) is 4.49. The molecule has 0 spiro atoms. The van der Waals surface area contributed by atoms with E-state index in [9.17, 15) is 4.79 Å². The molecule has 5 nitrogen and oxygen atoms in total. The average Bonchev–Trinajstić information content (AvgIpc) is 2.62. The summed E-state index contributed by atoms with van der Waals surface area (Å²) in [5.41, 5.74) is 5.53. The predicted molar refractivity (Wildman–Crippen MR) is 65.0 cm³/mol. The van der Waals surface area contributed by atoms with Crippen molar-refractivity contribution in [2.45, 2.75) is 32.4 Å². The van der Waals surface area contributed by atoms with Gasteiger partial charge in [0.25, 0.3) is 0 Å². The molecule has 0 radical (unpaired) electrons. The van der Waals surface area contributed by atoms with Crippen LogP contribution >= 0.6 is 0 Å². The van der Waals surface area contributed by atoms with Gasteiger partial charge in [-0.3, -0.25) is 4.79 Å². The lowest BCUT2D eigenvalue weighted by Crippen LogP contribution is -2.49. The molecule has 1 fully saturated rings. The molecule has 94 valence electrons. The lowest BCUT2D eigenvalue weighted by Gasteiger charge is -2.38. The van der Waals surface area contributed by atoms with Crippen molar-refractivity contribution in [3.8, 4) is 0 Å². The monoisotopic (exact) mass is 236 g/mol. The molecule has 1 aliphatic heterocycles. The van der Waals surface area contributed by atoms with E-state index in [4.69, 9.17) is 5.73 Å². The minimum absolute atomic E-state index is 0.0775. The zero-order chi connectivity index (χ0) is 12.6. The zero-order valence-corrected chi connectivity index (χ0v) is 10.6. The van der Waals surface area contributed by atoms with Gasteiger partial charge in [0.15, 0.2) is 0 Å². The van der Waals surface area contributed by atoms with Gasteiger partial charge in [-0.2, -0.15) is 0 Å². The van der Waals surface area contributed by atoms with Gasteiger partial charge in [0.05, 0.1) is 12.0 Å². The molecule has 3 N–H and O–H groups in total. The molecule has 17 heavy (non-hydrogen) atoms. The number of carbonyl (C=O) groups excluding carboxylic acids is 1. The lowest BCUT2D eigenvalue weighted by molar-refractivity contribution is -0.125. The van der Waals surface area contributed by atoms with E-state index < -0.39 is 0 Å². The number of imidazole rings is 1. The summed E-state index contributed by atoms with van der Waals surface area (Å²) in [7, 11) is 1.94. The first-order valence-electron chi connectivity index (χ1n) is 6.03. The molecule has 0 saturated carbocycles. The van der Waals surface area contributed by atoms with Crippen molar-refractivity contribution < 1.29 is 4.79 Å². The van der Waals surface area contributed by atoms with Gasteiger partial charge < -0.3 is 15.6 Å². The number of rotatable bonds is 2. The summed E-state index contributed by atoms with van der Waals surface area (Å²) in [6.45, 7) is 4.21. The van der Waals surface area contributed by atoms with E-state index >= 15 is 0 Å². The fourth-order valence-electron chi connectivity index (χ4n) is 2.87. The standard InChI is InChI=1S/C12H20N4O/c1-7-6-8(2)15-10(9(7)11(13)17)12-14-4-5-16(12)3/h4-5,7-10,15H,6H2,1-3H3,(H2,13,17). The van der Waals surface area contributed by atoms with Crippen molar-refractivity contribution in [2.24, 2.45) is 24.6 Å². The normalized spacial score (nSPS) is 33.6. The molecule has 1 aromatic heterocycles. The van der Waals surface area contributed by atoms with E-state index in [2.05, 4.69) is 24.1 Å². The third kappa shape index (κ3) is 2.20. The molecule has 0 aliphatic carbocycles. The third-order valence-electron chi connectivity index (χ3n) is 3.63. The molecule has 2 heterocycles. The summed E-state index contributed by atoms with van der Waals surface area (Å²) in [4.78, 5) is 16.0. The predicted octanol–water partition coefficient (Wildman–Crippen LogP) is 0.581. The third-order valence-corrected chi connectivity index (χ3v) is 3.63. The number of hydrogen-bond acceptors (Lipinski definition) is 3. The van der Waals surface area contributed by atoms with Gasteiger partial charge in [-0.05, 0) is 19.3 Å². The first-order chi connectivity index (χ1) is 8.00. The van der Waals surface area contributed by atoms with E-state index in [-0.39, 0.29) is 23.8 Å². The summed E-state index contributed by atoms with van der Waals surface area (Å²) >= 11 is 0. The number of piperidine rings is 1. The molecule has 0 aromatic carbocycles. The Bertz CT molecular complexity index is 414. The maximum Gasteiger partial charge on any atom is 0.222 e. The van der Waals surface area contributed by atoms with Crippen LogP contribution in [0.1, 0.15) is 32.1 Å². The molecule has 1 saturated heterocycles. The second-order valence-electron chi connectivity index (χ2n) is 5.08. The Morgan fingerprint density at radius 2 is 2.29 bits per heavy atom. The maximum absolute atomic E-state index is 11.6. The molecule has 2 rings (SSSR count). The van der Waals surface area contributed by atoms with Crippen LogP contribution in [0.25, 0.3) is 0 Å². The Labute approximate surface area is 101 Å². The van der Waals surface area contributed by atoms with Crippen LogP contribution in [0.15, 0.2) is 12.4 Å². The highest BCUT2D eigenvalue weighted by Crippen LogP contribution is 2.34. The van der Waals surface area contributed by atoms with Gasteiger partial charge in [0.1, 0.15) is 5.82 Å². The van der Waals surface area contributed by atoms with Gasteiger partial charge in [-0.1, -0.05) is 6.92 Å². The van der Waals surface area contributed by atoms with Gasteiger partial charge in [-0.15, -0.1) is 0 Å². The van der Waals surface area contributed by atoms with Crippen molar-refractivity contribution in [3.05, 3.63) is 18.2 Å². The second-order valence-corrected chi connectivity index (χ2v) is 5.08. The molecular formula is C12H20N4O. The number of carbonyl (C=O) groups is 1. The van der Waals surface area contributed by atoms with Gasteiger partial charge in [-0.25, -0.2) is 4.98 Å². The van der Waals surface area contributed by atoms with Crippen LogP contribution in [0.4, 0.5) is 0 Å². The summed E-state index contributed by atoms with van der Waals surface area (Å²) in [6, 6.07) is 0.300. The topological polar surface area (TPSA) is 72.9 Å². The summed E-state index contributed by atoms with van der Waals surface area (Å²) in [6.07, 6.45) is 4.60. The Balaban J connectivity index is 2.34. The minimum Gasteiger partial charge on any atom is -0.369 e. The van der Waals surface area contributed by atoms with Gasteiger partial charge in [0.2, 0.25) is 5.91 Å². The van der Waals surface area contributed by atoms with Crippen LogP contribution in [0.2, 0.25) is 0 Å². The summed E-state index contributed by atoms with van der Waals surface area (Å²) in [5.74, 6) is 0.731. The Morgan fingerprint density at radius 3 is 2.82 bits per heavy atom. The van der Waals surface area contributed by atoms with Crippen molar-refractivity contribution >= 4 is 5.91 Å². The van der Waals surface area contributed by atoms with E-state index in [1.54, 1.807) is 6.20 Å². The summed E-state index contributed by atoms with van der Waals surface area (Å²) in [5, 5.41) is 3.44. The smallest absolute Gasteiger partial charge is 0.222 e. The number of aromatic nitrogens is 2. The largest absolute Gasteiger partial charge is 0.369 e. The Kier molecular flexibility index (Phi) is 3.19. The van der Waals surface area contributed by atoms with Crippen molar-refractivity contribution in [3.63, 3.8) is 0 Å². The van der Waals surface area contributed by atoms with Crippen LogP contribution < -0.4 is 11.1 Å². The number of amides is 1. The summed E-state index contributed by atoms with van der Waals surface area (Å²) < 4.78 is 1.94. The SMILES string of the molecule is CC1CC(C)C(C(N)=O)C(c2nccn2C)N1. The first-order valence-corrected chi connectivity index (χ1v) is 6.03. The number of nitrogens with two attached hydrogens (primary N) is 1. The van der Waals surface area contributed by atoms with E-state index in [1.165, 1.54) is 0 Å². The van der Waals surface area contributed by atoms with Gasteiger partial charge in [0, 0.05) is 25.5 Å². The van der Waals surface area contributed by atoms with Crippen LogP contribution in [0.5, 0.6) is 0 Å². The molecule has 0 bridgehead atoms.